The van der Waals surface area contributed by atoms with Crippen molar-refractivity contribution >= 4 is 6.09 Å². The number of azide groups is 1. The Balaban J connectivity index is 1.82. The molecule has 1 amide bonds. The molecule has 1 N–H and O–H groups in total. The van der Waals surface area contributed by atoms with Crippen molar-refractivity contribution in [3.63, 3.8) is 0 Å². The van der Waals surface area contributed by atoms with Gasteiger partial charge in [0, 0.05) is 4.91 Å². The van der Waals surface area contributed by atoms with Gasteiger partial charge < -0.3 is 14.2 Å². The maximum Gasteiger partial charge on any atom is 0.409 e. The van der Waals surface area contributed by atoms with E-state index in [9.17, 15) is 4.79 Å². The molecule has 1 aliphatic heterocycles. The predicted octanol–water partition coefficient (Wildman–Crippen LogP) is 3.97. The van der Waals surface area contributed by atoms with Gasteiger partial charge in [0.2, 0.25) is 0 Å². The maximum atomic E-state index is 11.8. The van der Waals surface area contributed by atoms with Gasteiger partial charge in [-0.3, -0.25) is 5.32 Å². The minimum Gasteiger partial charge on any atom is -0.445 e. The summed E-state index contributed by atoms with van der Waals surface area (Å²) in [7, 11) is 0. The molecule has 1 saturated heterocycles. The van der Waals surface area contributed by atoms with E-state index in [-0.39, 0.29) is 31.3 Å². The molecule has 3 unspecified atom stereocenters. The molecule has 2 rings (SSSR count). The van der Waals surface area contributed by atoms with Crippen molar-refractivity contribution in [2.45, 2.75) is 52.2 Å². The summed E-state index contributed by atoms with van der Waals surface area (Å²) in [6.07, 6.45) is -0.430. The van der Waals surface area contributed by atoms with Crippen molar-refractivity contribution in [1.82, 2.24) is 5.32 Å². The largest absolute Gasteiger partial charge is 0.445 e. The zero-order valence-corrected chi connectivity index (χ0v) is 15.4. The SMILES string of the molecule is CCC1OC(OCNC(=O)OCc2ccccc2)C(N=[N+]=[N-])[C@@H](C)[C@@H]1C. The summed E-state index contributed by atoms with van der Waals surface area (Å²) in [6.45, 7) is 6.23. The number of carbonyl (C=O) groups excluding carboxylic acids is 1. The summed E-state index contributed by atoms with van der Waals surface area (Å²) < 4.78 is 16.7. The number of alkyl carbamates (subject to hydrolysis) is 1. The quantitative estimate of drug-likeness (QED) is 0.343. The number of hydrogen-bond acceptors (Lipinski definition) is 5. The van der Waals surface area contributed by atoms with Crippen molar-refractivity contribution in [2.24, 2.45) is 17.0 Å². The van der Waals surface area contributed by atoms with Crippen molar-refractivity contribution < 1.29 is 19.0 Å². The third-order valence-corrected chi connectivity index (χ3v) is 4.81. The van der Waals surface area contributed by atoms with E-state index in [2.05, 4.69) is 22.3 Å². The standard InChI is InChI=1S/C18H26N4O4/c1-4-15-12(2)13(3)16(21-22-19)17(26-15)25-11-20-18(23)24-10-14-8-6-5-7-9-14/h5-9,12-13,15-17H,4,10-11H2,1-3H3,(H,20,23)/t12-,13-,15?,16?,17?/m0/s1. The summed E-state index contributed by atoms with van der Waals surface area (Å²) in [4.78, 5) is 14.7. The minimum absolute atomic E-state index is 0.0187. The second-order valence-corrected chi connectivity index (χ2v) is 6.41. The molecule has 1 aliphatic rings. The van der Waals surface area contributed by atoms with E-state index in [1.54, 1.807) is 0 Å². The van der Waals surface area contributed by atoms with E-state index in [0.29, 0.717) is 0 Å². The number of ether oxygens (including phenoxy) is 3. The molecule has 1 heterocycles. The number of rotatable bonds is 7. The van der Waals surface area contributed by atoms with Crippen LogP contribution < -0.4 is 5.32 Å². The van der Waals surface area contributed by atoms with Crippen molar-refractivity contribution in [2.75, 3.05) is 6.73 Å². The summed E-state index contributed by atoms with van der Waals surface area (Å²) in [5, 5.41) is 6.35. The van der Waals surface area contributed by atoms with E-state index < -0.39 is 18.4 Å². The van der Waals surface area contributed by atoms with Crippen LogP contribution in [0.2, 0.25) is 0 Å². The van der Waals surface area contributed by atoms with Crippen LogP contribution >= 0.6 is 0 Å². The molecule has 0 aliphatic carbocycles. The van der Waals surface area contributed by atoms with Gasteiger partial charge in [-0.1, -0.05) is 56.2 Å². The van der Waals surface area contributed by atoms with Gasteiger partial charge >= 0.3 is 6.09 Å². The Hall–Kier alpha value is -2.28. The molecular formula is C18H26N4O4. The number of amides is 1. The lowest BCUT2D eigenvalue weighted by Crippen LogP contribution is -2.50. The van der Waals surface area contributed by atoms with E-state index in [4.69, 9.17) is 19.7 Å². The molecule has 0 aromatic heterocycles. The summed E-state index contributed by atoms with van der Waals surface area (Å²) >= 11 is 0. The lowest BCUT2D eigenvalue weighted by molar-refractivity contribution is -0.232. The Morgan fingerprint density at radius 2 is 2.04 bits per heavy atom. The van der Waals surface area contributed by atoms with Crippen LogP contribution in [0.15, 0.2) is 35.4 Å². The van der Waals surface area contributed by atoms with Gasteiger partial charge in [-0.2, -0.15) is 0 Å². The molecule has 0 saturated carbocycles. The van der Waals surface area contributed by atoms with Crippen molar-refractivity contribution in [3.05, 3.63) is 46.3 Å². The molecule has 142 valence electrons. The highest BCUT2D eigenvalue weighted by molar-refractivity contribution is 5.66. The van der Waals surface area contributed by atoms with Crippen LogP contribution in [0.3, 0.4) is 0 Å². The van der Waals surface area contributed by atoms with E-state index >= 15 is 0 Å². The lowest BCUT2D eigenvalue weighted by atomic mass is 9.81. The molecule has 1 fully saturated rings. The summed E-state index contributed by atoms with van der Waals surface area (Å²) in [5.41, 5.74) is 9.71. The van der Waals surface area contributed by atoms with Crippen LogP contribution in [-0.4, -0.2) is 31.3 Å². The third kappa shape index (κ3) is 5.36. The molecule has 0 radical (unpaired) electrons. The fourth-order valence-electron chi connectivity index (χ4n) is 3.06. The average Bonchev–Trinajstić information content (AvgIpc) is 2.66. The molecule has 0 spiro atoms. The van der Waals surface area contributed by atoms with Crippen LogP contribution in [-0.2, 0) is 20.8 Å². The molecule has 0 bridgehead atoms. The summed E-state index contributed by atoms with van der Waals surface area (Å²) in [5.74, 6) is 0.360. The van der Waals surface area contributed by atoms with Gasteiger partial charge in [0.1, 0.15) is 13.3 Å². The van der Waals surface area contributed by atoms with Crippen LogP contribution in [0.25, 0.3) is 10.4 Å². The Morgan fingerprint density at radius 1 is 1.31 bits per heavy atom. The number of carbonyl (C=O) groups is 1. The molecule has 8 nitrogen and oxygen atoms in total. The van der Waals surface area contributed by atoms with Crippen LogP contribution in [0.5, 0.6) is 0 Å². The maximum absolute atomic E-state index is 11.8. The molecule has 8 heteroatoms. The zero-order chi connectivity index (χ0) is 18.9. The van der Waals surface area contributed by atoms with Crippen molar-refractivity contribution in [1.29, 1.82) is 0 Å². The first kappa shape index (κ1) is 20.0. The average molecular weight is 362 g/mol. The lowest BCUT2D eigenvalue weighted by Gasteiger charge is -2.42. The zero-order valence-electron chi connectivity index (χ0n) is 15.4. The van der Waals surface area contributed by atoms with Crippen LogP contribution in [0.4, 0.5) is 4.79 Å². The predicted molar refractivity (Wildman–Crippen MR) is 95.9 cm³/mol. The third-order valence-electron chi connectivity index (χ3n) is 4.81. The van der Waals surface area contributed by atoms with Gasteiger partial charge in [0.25, 0.3) is 0 Å². The topological polar surface area (TPSA) is 106 Å². The molecule has 1 aromatic rings. The second kappa shape index (κ2) is 10.0. The molecule has 26 heavy (non-hydrogen) atoms. The Kier molecular flexibility index (Phi) is 7.72. The number of hydrogen-bond donors (Lipinski definition) is 1. The van der Waals surface area contributed by atoms with Gasteiger partial charge in [-0.15, -0.1) is 0 Å². The second-order valence-electron chi connectivity index (χ2n) is 6.41. The van der Waals surface area contributed by atoms with E-state index in [1.165, 1.54) is 0 Å². The Labute approximate surface area is 153 Å². The number of nitrogens with one attached hydrogen (secondary N) is 1. The van der Waals surface area contributed by atoms with Gasteiger partial charge in [-0.25, -0.2) is 4.79 Å². The first-order valence-corrected chi connectivity index (χ1v) is 8.82. The van der Waals surface area contributed by atoms with Crippen molar-refractivity contribution in [3.8, 4) is 0 Å². The Morgan fingerprint density at radius 3 is 2.69 bits per heavy atom. The normalized spacial score (nSPS) is 28.0. The fraction of sp³-hybridized carbons (Fsp3) is 0.611. The van der Waals surface area contributed by atoms with E-state index in [0.717, 1.165) is 12.0 Å². The van der Waals surface area contributed by atoms with Gasteiger partial charge in [-0.05, 0) is 29.4 Å². The monoisotopic (exact) mass is 362 g/mol. The van der Waals surface area contributed by atoms with Crippen LogP contribution in [0, 0.1) is 11.8 Å². The first-order chi connectivity index (χ1) is 12.6. The smallest absolute Gasteiger partial charge is 0.409 e. The fourth-order valence-corrected chi connectivity index (χ4v) is 3.06. The Bertz CT molecular complexity index is 621. The highest BCUT2D eigenvalue weighted by atomic mass is 16.7. The van der Waals surface area contributed by atoms with Crippen LogP contribution in [0.1, 0.15) is 32.8 Å². The summed E-state index contributed by atoms with van der Waals surface area (Å²) in [6, 6.07) is 8.95. The number of benzene rings is 1. The van der Waals surface area contributed by atoms with E-state index in [1.807, 2.05) is 44.2 Å². The molecule has 1 aromatic carbocycles. The van der Waals surface area contributed by atoms with Gasteiger partial charge in [0.05, 0.1) is 12.1 Å². The number of nitrogens with zero attached hydrogens (tertiary/aromatic N) is 3. The van der Waals surface area contributed by atoms with Gasteiger partial charge in [0.15, 0.2) is 6.29 Å². The molecule has 5 atom stereocenters. The molecular weight excluding hydrogens is 336 g/mol. The highest BCUT2D eigenvalue weighted by Gasteiger charge is 2.40. The highest BCUT2D eigenvalue weighted by Crippen LogP contribution is 2.34. The minimum atomic E-state index is -0.698. The first-order valence-electron chi connectivity index (χ1n) is 8.82.